The highest BCUT2D eigenvalue weighted by Crippen LogP contribution is 2.24. The Kier molecular flexibility index (Phi) is 3.63. The minimum Gasteiger partial charge on any atom is -0.335 e. The minimum absolute atomic E-state index is 0.102. The summed E-state index contributed by atoms with van der Waals surface area (Å²) in [7, 11) is 0. The fourth-order valence-corrected chi connectivity index (χ4v) is 3.20. The van der Waals surface area contributed by atoms with Crippen LogP contribution < -0.4 is 0 Å². The quantitative estimate of drug-likeness (QED) is 0.533. The zero-order chi connectivity index (χ0) is 14.3. The Morgan fingerprint density at radius 1 is 1.50 bits per heavy atom. The molecule has 0 saturated heterocycles. The lowest BCUT2D eigenvalue weighted by atomic mass is 10.2. The van der Waals surface area contributed by atoms with E-state index in [9.17, 15) is 4.39 Å². The number of H-pyrrole nitrogens is 1. The lowest BCUT2D eigenvalue weighted by Crippen LogP contribution is -2.12. The second-order valence-electron chi connectivity index (χ2n) is 4.69. The molecule has 0 spiro atoms. The number of aromatic amines is 1. The van der Waals surface area contributed by atoms with Crippen molar-refractivity contribution >= 4 is 45.8 Å². The van der Waals surface area contributed by atoms with Crippen molar-refractivity contribution < 1.29 is 4.39 Å². The van der Waals surface area contributed by atoms with Gasteiger partial charge in [0.15, 0.2) is 4.77 Å². The van der Waals surface area contributed by atoms with Crippen molar-refractivity contribution in [1.29, 1.82) is 0 Å². The standard InChI is InChI=1S/C13H12FIN4S/c1-8(6-18-3-2-16-7-18)19-12-4-9(14)10(15)5-11(12)17-13(19)20/h2-5,7-8H,6H2,1H3,(H,17,20). The molecule has 3 rings (SSSR count). The zero-order valence-electron chi connectivity index (χ0n) is 10.7. The maximum absolute atomic E-state index is 13.8. The lowest BCUT2D eigenvalue weighted by molar-refractivity contribution is 0.469. The van der Waals surface area contributed by atoms with Crippen molar-refractivity contribution in [2.24, 2.45) is 0 Å². The third kappa shape index (κ3) is 2.39. The molecule has 1 atom stereocenters. The van der Waals surface area contributed by atoms with Crippen LogP contribution >= 0.6 is 34.8 Å². The van der Waals surface area contributed by atoms with Gasteiger partial charge in [0, 0.05) is 25.0 Å². The minimum atomic E-state index is -0.226. The number of aromatic nitrogens is 4. The number of fused-ring (bicyclic) bond motifs is 1. The molecule has 3 aromatic rings. The third-order valence-electron chi connectivity index (χ3n) is 3.23. The van der Waals surface area contributed by atoms with E-state index in [1.165, 1.54) is 6.07 Å². The number of imidazole rings is 2. The van der Waals surface area contributed by atoms with E-state index in [1.807, 2.05) is 37.9 Å². The van der Waals surface area contributed by atoms with Crippen LogP contribution in [0.2, 0.25) is 0 Å². The van der Waals surface area contributed by atoms with E-state index in [-0.39, 0.29) is 11.9 Å². The summed E-state index contributed by atoms with van der Waals surface area (Å²) in [6.07, 6.45) is 5.40. The van der Waals surface area contributed by atoms with Gasteiger partial charge < -0.3 is 14.1 Å². The molecule has 2 aromatic heterocycles. The fourth-order valence-electron chi connectivity index (χ4n) is 2.34. The first kappa shape index (κ1) is 13.7. The van der Waals surface area contributed by atoms with Crippen molar-refractivity contribution in [2.45, 2.75) is 19.5 Å². The maximum Gasteiger partial charge on any atom is 0.178 e. The summed E-state index contributed by atoms with van der Waals surface area (Å²) >= 11 is 7.35. The molecule has 0 aliphatic carbocycles. The molecule has 0 aliphatic rings. The lowest BCUT2D eigenvalue weighted by Gasteiger charge is -2.15. The molecule has 0 bridgehead atoms. The van der Waals surface area contributed by atoms with Crippen LogP contribution in [0.4, 0.5) is 4.39 Å². The van der Waals surface area contributed by atoms with Gasteiger partial charge in [-0.25, -0.2) is 9.37 Å². The van der Waals surface area contributed by atoms with E-state index >= 15 is 0 Å². The zero-order valence-corrected chi connectivity index (χ0v) is 13.7. The van der Waals surface area contributed by atoms with E-state index in [0.717, 1.165) is 17.6 Å². The van der Waals surface area contributed by atoms with Gasteiger partial charge in [-0.3, -0.25) is 0 Å². The predicted molar refractivity (Wildman–Crippen MR) is 86.7 cm³/mol. The topological polar surface area (TPSA) is 38.5 Å². The molecule has 20 heavy (non-hydrogen) atoms. The van der Waals surface area contributed by atoms with Gasteiger partial charge in [-0.05, 0) is 47.8 Å². The molecular weight excluding hydrogens is 390 g/mol. The molecular formula is C13H12FIN4S. The SMILES string of the molecule is CC(Cn1ccnc1)n1c(=S)[nH]c2cc(I)c(F)cc21. The Balaban J connectivity index is 2.08. The first-order valence-electron chi connectivity index (χ1n) is 6.11. The van der Waals surface area contributed by atoms with E-state index in [4.69, 9.17) is 12.2 Å². The summed E-state index contributed by atoms with van der Waals surface area (Å²) in [6, 6.07) is 3.42. The van der Waals surface area contributed by atoms with Crippen LogP contribution in [0.25, 0.3) is 11.0 Å². The molecule has 7 heteroatoms. The van der Waals surface area contributed by atoms with Crippen molar-refractivity contribution in [3.05, 3.63) is 45.0 Å². The molecule has 0 radical (unpaired) electrons. The molecule has 2 heterocycles. The highest BCUT2D eigenvalue weighted by Gasteiger charge is 2.14. The van der Waals surface area contributed by atoms with E-state index in [1.54, 1.807) is 18.6 Å². The van der Waals surface area contributed by atoms with Gasteiger partial charge in [-0.15, -0.1) is 0 Å². The molecule has 104 valence electrons. The Morgan fingerprint density at radius 2 is 2.30 bits per heavy atom. The number of nitrogens with one attached hydrogen (secondary N) is 1. The highest BCUT2D eigenvalue weighted by atomic mass is 127. The number of hydrogen-bond acceptors (Lipinski definition) is 2. The largest absolute Gasteiger partial charge is 0.335 e. The van der Waals surface area contributed by atoms with E-state index in [2.05, 4.69) is 16.9 Å². The summed E-state index contributed by atoms with van der Waals surface area (Å²) in [5, 5.41) is 0. The summed E-state index contributed by atoms with van der Waals surface area (Å²) < 4.78 is 18.9. The summed E-state index contributed by atoms with van der Waals surface area (Å²) in [5.74, 6) is -0.226. The Bertz CT molecular complexity index is 806. The Labute approximate surface area is 133 Å². The number of nitrogens with zero attached hydrogens (tertiary/aromatic N) is 3. The third-order valence-corrected chi connectivity index (χ3v) is 4.36. The van der Waals surface area contributed by atoms with Crippen LogP contribution in [0, 0.1) is 14.2 Å². The van der Waals surface area contributed by atoms with Gasteiger partial charge in [0.05, 0.1) is 27.0 Å². The molecule has 1 N–H and O–H groups in total. The Hall–Kier alpha value is -1.22. The average Bonchev–Trinajstić information content (AvgIpc) is 2.97. The van der Waals surface area contributed by atoms with Crippen LogP contribution in [0.15, 0.2) is 30.9 Å². The average molecular weight is 402 g/mol. The number of hydrogen-bond donors (Lipinski definition) is 1. The molecule has 0 amide bonds. The Morgan fingerprint density at radius 3 is 3.00 bits per heavy atom. The molecule has 1 unspecified atom stereocenters. The van der Waals surface area contributed by atoms with Crippen molar-refractivity contribution in [3.8, 4) is 0 Å². The van der Waals surface area contributed by atoms with Gasteiger partial charge in [0.1, 0.15) is 5.82 Å². The first-order valence-corrected chi connectivity index (χ1v) is 7.60. The van der Waals surface area contributed by atoms with Crippen LogP contribution in [0.1, 0.15) is 13.0 Å². The van der Waals surface area contributed by atoms with E-state index < -0.39 is 0 Å². The smallest absolute Gasteiger partial charge is 0.178 e. The molecule has 1 aromatic carbocycles. The van der Waals surface area contributed by atoms with Gasteiger partial charge >= 0.3 is 0 Å². The van der Waals surface area contributed by atoms with Gasteiger partial charge in [0.2, 0.25) is 0 Å². The summed E-state index contributed by atoms with van der Waals surface area (Å²) in [5.41, 5.74) is 1.65. The number of benzene rings is 1. The molecule has 0 aliphatic heterocycles. The molecule has 4 nitrogen and oxygen atoms in total. The maximum atomic E-state index is 13.8. The normalized spacial score (nSPS) is 12.9. The van der Waals surface area contributed by atoms with Crippen LogP contribution in [0.3, 0.4) is 0 Å². The number of halogens is 2. The van der Waals surface area contributed by atoms with Gasteiger partial charge in [-0.1, -0.05) is 0 Å². The van der Waals surface area contributed by atoms with Gasteiger partial charge in [0.25, 0.3) is 0 Å². The first-order chi connectivity index (χ1) is 9.56. The van der Waals surface area contributed by atoms with Crippen molar-refractivity contribution in [2.75, 3.05) is 0 Å². The predicted octanol–water partition coefficient (Wildman–Crippen LogP) is 3.90. The van der Waals surface area contributed by atoms with Crippen LogP contribution in [-0.4, -0.2) is 19.1 Å². The van der Waals surface area contributed by atoms with Crippen LogP contribution in [-0.2, 0) is 6.54 Å². The summed E-state index contributed by atoms with van der Waals surface area (Å²) in [4.78, 5) is 7.16. The molecule has 0 saturated carbocycles. The van der Waals surface area contributed by atoms with E-state index in [0.29, 0.717) is 8.34 Å². The van der Waals surface area contributed by atoms with Crippen molar-refractivity contribution in [3.63, 3.8) is 0 Å². The number of rotatable bonds is 3. The second kappa shape index (κ2) is 5.28. The van der Waals surface area contributed by atoms with Gasteiger partial charge in [-0.2, -0.15) is 0 Å². The monoisotopic (exact) mass is 402 g/mol. The summed E-state index contributed by atoms with van der Waals surface area (Å²) in [6.45, 7) is 2.79. The van der Waals surface area contributed by atoms with Crippen LogP contribution in [0.5, 0.6) is 0 Å². The second-order valence-corrected chi connectivity index (χ2v) is 6.24. The highest BCUT2D eigenvalue weighted by molar-refractivity contribution is 14.1. The van der Waals surface area contributed by atoms with Crippen molar-refractivity contribution in [1.82, 2.24) is 19.1 Å². The molecule has 0 fully saturated rings. The fraction of sp³-hybridized carbons (Fsp3) is 0.231.